The number of hydrogen-bond donors (Lipinski definition) is 1. The van der Waals surface area contributed by atoms with Gasteiger partial charge in [0.05, 0.1) is 24.5 Å². The number of aromatic nitrogens is 2. The monoisotopic (exact) mass is 287 g/mol. The van der Waals surface area contributed by atoms with Crippen molar-refractivity contribution in [1.82, 2.24) is 9.97 Å². The van der Waals surface area contributed by atoms with Gasteiger partial charge in [-0.1, -0.05) is 19.3 Å². The molecule has 112 valence electrons. The zero-order valence-electron chi connectivity index (χ0n) is 12.3. The Hall–Kier alpha value is -2.04. The van der Waals surface area contributed by atoms with Gasteiger partial charge in [0.25, 0.3) is 0 Å². The molecule has 0 spiro atoms. The Kier molecular flexibility index (Phi) is 4.08. The summed E-state index contributed by atoms with van der Waals surface area (Å²) < 4.78 is 4.96. The smallest absolute Gasteiger partial charge is 0.414 e. The third-order valence-electron chi connectivity index (χ3n) is 4.28. The maximum atomic E-state index is 12.1. The Balaban J connectivity index is 1.84. The first-order chi connectivity index (χ1) is 10.3. The van der Waals surface area contributed by atoms with Gasteiger partial charge in [-0.2, -0.15) is 0 Å². The van der Waals surface area contributed by atoms with E-state index in [4.69, 9.17) is 4.74 Å². The third-order valence-corrected chi connectivity index (χ3v) is 4.28. The minimum atomic E-state index is -0.292. The summed E-state index contributed by atoms with van der Waals surface area (Å²) in [5.74, 6) is 0.565. The van der Waals surface area contributed by atoms with Gasteiger partial charge in [0.15, 0.2) is 0 Å². The highest BCUT2D eigenvalue weighted by Crippen LogP contribution is 2.28. The summed E-state index contributed by atoms with van der Waals surface area (Å²) in [6.07, 6.45) is 7.60. The first-order valence-electron chi connectivity index (χ1n) is 7.56. The van der Waals surface area contributed by atoms with E-state index in [1.54, 1.807) is 11.2 Å². The lowest BCUT2D eigenvalue weighted by atomic mass is 9.89. The van der Waals surface area contributed by atoms with Crippen molar-refractivity contribution in [2.75, 3.05) is 18.6 Å². The zero-order chi connectivity index (χ0) is 14.7. The number of ether oxygens (including phenoxy) is 1. The number of nitrogens with one attached hydrogen (secondary N) is 1. The minimum absolute atomic E-state index is 0.292. The molecule has 1 aliphatic carbocycles. The van der Waals surface area contributed by atoms with Gasteiger partial charge in [-0.25, -0.2) is 9.78 Å². The van der Waals surface area contributed by atoms with Gasteiger partial charge in [-0.15, -0.1) is 0 Å². The number of methoxy groups -OCH3 is 1. The van der Waals surface area contributed by atoms with Crippen molar-refractivity contribution in [3.63, 3.8) is 0 Å². The fourth-order valence-corrected chi connectivity index (χ4v) is 3.11. The summed E-state index contributed by atoms with van der Waals surface area (Å²) in [5, 5.41) is 0. The summed E-state index contributed by atoms with van der Waals surface area (Å²) in [4.78, 5) is 21.2. The van der Waals surface area contributed by atoms with Crippen LogP contribution in [-0.2, 0) is 4.74 Å². The van der Waals surface area contributed by atoms with Crippen LogP contribution in [0.1, 0.15) is 32.1 Å². The Morgan fingerprint density at radius 3 is 2.95 bits per heavy atom. The summed E-state index contributed by atoms with van der Waals surface area (Å²) in [7, 11) is 1.44. The van der Waals surface area contributed by atoms with Crippen LogP contribution in [0.25, 0.3) is 11.0 Å². The van der Waals surface area contributed by atoms with E-state index in [0.29, 0.717) is 5.92 Å². The molecule has 1 aromatic heterocycles. The standard InChI is InChI=1S/C16H21N3O2/c1-21-16(20)19(10-12-5-3-2-4-6-12)13-7-8-14-15(9-13)18-11-17-14/h7-9,11-12H,2-6,10H2,1H3,(H,17,18). The van der Waals surface area contributed by atoms with Gasteiger partial charge in [0, 0.05) is 12.2 Å². The van der Waals surface area contributed by atoms with Crippen LogP contribution >= 0.6 is 0 Å². The van der Waals surface area contributed by atoms with E-state index in [9.17, 15) is 4.79 Å². The van der Waals surface area contributed by atoms with Crippen molar-refractivity contribution in [3.8, 4) is 0 Å². The molecule has 1 heterocycles. The molecule has 0 unspecified atom stereocenters. The van der Waals surface area contributed by atoms with Crippen molar-refractivity contribution in [2.45, 2.75) is 32.1 Å². The summed E-state index contributed by atoms with van der Waals surface area (Å²) in [6.45, 7) is 0.728. The molecule has 21 heavy (non-hydrogen) atoms. The predicted molar refractivity (Wildman–Crippen MR) is 82.4 cm³/mol. The van der Waals surface area contributed by atoms with Crippen LogP contribution in [0.15, 0.2) is 24.5 Å². The number of carbonyl (C=O) groups excluding carboxylic acids is 1. The summed E-state index contributed by atoms with van der Waals surface area (Å²) in [6, 6.07) is 5.82. The van der Waals surface area contributed by atoms with Gasteiger partial charge in [0.1, 0.15) is 0 Å². The molecule has 3 rings (SSSR count). The van der Waals surface area contributed by atoms with E-state index < -0.39 is 0 Å². The molecule has 1 fully saturated rings. The molecule has 0 bridgehead atoms. The van der Waals surface area contributed by atoms with E-state index in [2.05, 4.69) is 9.97 Å². The van der Waals surface area contributed by atoms with Crippen molar-refractivity contribution < 1.29 is 9.53 Å². The van der Waals surface area contributed by atoms with E-state index in [0.717, 1.165) is 23.3 Å². The number of anilines is 1. The zero-order valence-corrected chi connectivity index (χ0v) is 12.3. The highest BCUT2D eigenvalue weighted by atomic mass is 16.5. The van der Waals surface area contributed by atoms with E-state index >= 15 is 0 Å². The molecule has 0 aliphatic heterocycles. The predicted octanol–water partition coefficient (Wildman–Crippen LogP) is 3.72. The molecule has 1 aliphatic rings. The average molecular weight is 287 g/mol. The molecule has 0 radical (unpaired) electrons. The fourth-order valence-electron chi connectivity index (χ4n) is 3.11. The van der Waals surface area contributed by atoms with E-state index in [1.165, 1.54) is 39.2 Å². The van der Waals surface area contributed by atoms with Gasteiger partial charge < -0.3 is 9.72 Å². The molecule has 1 saturated carbocycles. The highest BCUT2D eigenvalue weighted by Gasteiger charge is 2.23. The molecule has 0 saturated heterocycles. The lowest BCUT2D eigenvalue weighted by Gasteiger charge is -2.29. The molecule has 5 heteroatoms. The number of aromatic amines is 1. The van der Waals surface area contributed by atoms with E-state index in [-0.39, 0.29) is 6.09 Å². The number of fused-ring (bicyclic) bond motifs is 1. The summed E-state index contributed by atoms with van der Waals surface area (Å²) in [5.41, 5.74) is 2.70. The number of amides is 1. The minimum Gasteiger partial charge on any atom is -0.452 e. The second kappa shape index (κ2) is 6.16. The molecule has 1 N–H and O–H groups in total. The average Bonchev–Trinajstić information content (AvgIpc) is 3.00. The molecule has 0 atom stereocenters. The maximum Gasteiger partial charge on any atom is 0.414 e. The molecule has 2 aromatic rings. The van der Waals surface area contributed by atoms with Gasteiger partial charge in [0.2, 0.25) is 0 Å². The van der Waals surface area contributed by atoms with Gasteiger partial charge >= 0.3 is 6.09 Å². The third kappa shape index (κ3) is 3.01. The van der Waals surface area contributed by atoms with Crippen LogP contribution in [0.5, 0.6) is 0 Å². The fraction of sp³-hybridized carbons (Fsp3) is 0.500. The maximum absolute atomic E-state index is 12.1. The number of hydrogen-bond acceptors (Lipinski definition) is 3. The van der Waals surface area contributed by atoms with Crippen LogP contribution in [0.4, 0.5) is 10.5 Å². The number of H-pyrrole nitrogens is 1. The van der Waals surface area contributed by atoms with Crippen LogP contribution in [0.3, 0.4) is 0 Å². The quantitative estimate of drug-likeness (QED) is 0.936. The normalized spacial score (nSPS) is 16.0. The lowest BCUT2D eigenvalue weighted by molar-refractivity contribution is 0.176. The first-order valence-corrected chi connectivity index (χ1v) is 7.56. The number of imidazole rings is 1. The Morgan fingerprint density at radius 2 is 2.19 bits per heavy atom. The number of carbonyl (C=O) groups is 1. The van der Waals surface area contributed by atoms with Crippen molar-refractivity contribution >= 4 is 22.8 Å². The molecule has 1 amide bonds. The Labute approximate surface area is 124 Å². The first kappa shape index (κ1) is 13.9. The molecular weight excluding hydrogens is 266 g/mol. The van der Waals surface area contributed by atoms with Crippen LogP contribution < -0.4 is 4.90 Å². The van der Waals surface area contributed by atoms with E-state index in [1.807, 2.05) is 18.2 Å². The van der Waals surface area contributed by atoms with Crippen molar-refractivity contribution in [2.24, 2.45) is 5.92 Å². The number of rotatable bonds is 3. The topological polar surface area (TPSA) is 58.2 Å². The molecular formula is C16H21N3O2. The lowest BCUT2D eigenvalue weighted by Crippen LogP contribution is -2.36. The second-order valence-corrected chi connectivity index (χ2v) is 5.69. The van der Waals surface area contributed by atoms with Crippen LogP contribution in [-0.4, -0.2) is 29.7 Å². The second-order valence-electron chi connectivity index (χ2n) is 5.69. The number of nitrogens with zero attached hydrogens (tertiary/aromatic N) is 2. The SMILES string of the molecule is COC(=O)N(CC1CCCCC1)c1ccc2nc[nH]c2c1. The van der Waals surface area contributed by atoms with Crippen molar-refractivity contribution in [1.29, 1.82) is 0 Å². The largest absolute Gasteiger partial charge is 0.452 e. The molecule has 1 aromatic carbocycles. The Bertz CT molecular complexity index is 617. The van der Waals surface area contributed by atoms with Gasteiger partial charge in [-0.3, -0.25) is 4.90 Å². The molecule has 5 nitrogen and oxygen atoms in total. The van der Waals surface area contributed by atoms with Crippen LogP contribution in [0, 0.1) is 5.92 Å². The number of benzene rings is 1. The Morgan fingerprint density at radius 1 is 1.38 bits per heavy atom. The van der Waals surface area contributed by atoms with Gasteiger partial charge in [-0.05, 0) is 37.0 Å². The summed E-state index contributed by atoms with van der Waals surface area (Å²) >= 11 is 0. The van der Waals surface area contributed by atoms with Crippen molar-refractivity contribution in [3.05, 3.63) is 24.5 Å². The van der Waals surface area contributed by atoms with Crippen LogP contribution in [0.2, 0.25) is 0 Å². The highest BCUT2D eigenvalue weighted by molar-refractivity contribution is 5.90.